The SMILES string of the molecule is Cc1cc(/C=C/C(=O)Nc2cccc(S(=O)(=O)NC(C)(C)C)c2)c(C)n1C1CC1. The highest BCUT2D eigenvalue weighted by Crippen LogP contribution is 2.38. The van der Waals surface area contributed by atoms with Crippen molar-refractivity contribution in [2.45, 2.75) is 63.9 Å². The van der Waals surface area contributed by atoms with Gasteiger partial charge in [0.25, 0.3) is 0 Å². The number of carbonyl (C=O) groups excluding carboxylic acids is 1. The maximum absolute atomic E-state index is 12.5. The van der Waals surface area contributed by atoms with Crippen molar-refractivity contribution in [3.63, 3.8) is 0 Å². The molecule has 1 aromatic carbocycles. The van der Waals surface area contributed by atoms with Gasteiger partial charge in [0, 0.05) is 34.7 Å². The van der Waals surface area contributed by atoms with Crippen LogP contribution in [-0.4, -0.2) is 24.4 Å². The van der Waals surface area contributed by atoms with E-state index >= 15 is 0 Å². The number of rotatable bonds is 6. The largest absolute Gasteiger partial charge is 0.346 e. The fourth-order valence-electron chi connectivity index (χ4n) is 3.42. The Morgan fingerprint density at radius 2 is 1.86 bits per heavy atom. The number of aryl methyl sites for hydroxylation is 1. The number of hydrogen-bond donors (Lipinski definition) is 2. The number of aromatic nitrogens is 1. The Morgan fingerprint density at radius 3 is 2.48 bits per heavy atom. The van der Waals surface area contributed by atoms with Gasteiger partial charge in [0.05, 0.1) is 4.90 Å². The summed E-state index contributed by atoms with van der Waals surface area (Å²) in [6, 6.07) is 8.92. The molecule has 29 heavy (non-hydrogen) atoms. The normalized spacial score (nSPS) is 15.1. The summed E-state index contributed by atoms with van der Waals surface area (Å²) in [5.41, 5.74) is 3.23. The Labute approximate surface area is 173 Å². The summed E-state index contributed by atoms with van der Waals surface area (Å²) in [6.07, 6.45) is 5.71. The van der Waals surface area contributed by atoms with E-state index in [0.717, 1.165) is 11.3 Å². The molecule has 1 aromatic heterocycles. The molecule has 1 heterocycles. The lowest BCUT2D eigenvalue weighted by molar-refractivity contribution is -0.111. The maximum atomic E-state index is 12.5. The fraction of sp³-hybridized carbons (Fsp3) is 0.409. The van der Waals surface area contributed by atoms with E-state index in [-0.39, 0.29) is 10.8 Å². The van der Waals surface area contributed by atoms with Crippen molar-refractivity contribution >= 4 is 27.7 Å². The lowest BCUT2D eigenvalue weighted by Gasteiger charge is -2.20. The summed E-state index contributed by atoms with van der Waals surface area (Å²) in [7, 11) is -3.66. The highest BCUT2D eigenvalue weighted by atomic mass is 32.2. The summed E-state index contributed by atoms with van der Waals surface area (Å²) >= 11 is 0. The molecule has 0 unspecified atom stereocenters. The van der Waals surface area contributed by atoms with Crippen LogP contribution in [0.15, 0.2) is 41.3 Å². The molecule has 1 aliphatic carbocycles. The highest BCUT2D eigenvalue weighted by Gasteiger charge is 2.26. The van der Waals surface area contributed by atoms with Gasteiger partial charge in [-0.15, -0.1) is 0 Å². The summed E-state index contributed by atoms with van der Waals surface area (Å²) in [5, 5.41) is 2.74. The standard InChI is InChI=1S/C22H29N3O3S/c1-15-13-17(16(2)25(15)19-10-11-19)9-12-21(26)23-18-7-6-8-20(14-18)29(27,28)24-22(3,4)5/h6-9,12-14,19,24H,10-11H2,1-5H3,(H,23,26)/b12-9+. The van der Waals surface area contributed by atoms with Gasteiger partial charge in [0.1, 0.15) is 0 Å². The van der Waals surface area contributed by atoms with Crippen molar-refractivity contribution in [2.75, 3.05) is 5.32 Å². The predicted octanol–water partition coefficient (Wildman–Crippen LogP) is 4.17. The second-order valence-electron chi connectivity index (χ2n) is 8.63. The number of sulfonamides is 1. The van der Waals surface area contributed by atoms with E-state index in [4.69, 9.17) is 0 Å². The highest BCUT2D eigenvalue weighted by molar-refractivity contribution is 7.89. The third kappa shape index (κ3) is 5.36. The molecule has 3 rings (SSSR count). The van der Waals surface area contributed by atoms with Gasteiger partial charge in [0.15, 0.2) is 0 Å². The Balaban J connectivity index is 1.72. The van der Waals surface area contributed by atoms with Crippen molar-refractivity contribution < 1.29 is 13.2 Å². The van der Waals surface area contributed by atoms with Crippen LogP contribution in [-0.2, 0) is 14.8 Å². The summed E-state index contributed by atoms with van der Waals surface area (Å²) < 4.78 is 29.9. The first-order valence-corrected chi connectivity index (χ1v) is 11.3. The molecular weight excluding hydrogens is 386 g/mol. The van der Waals surface area contributed by atoms with E-state index in [9.17, 15) is 13.2 Å². The van der Waals surface area contributed by atoms with Crippen LogP contribution in [0.3, 0.4) is 0 Å². The van der Waals surface area contributed by atoms with Crippen LogP contribution in [0, 0.1) is 13.8 Å². The Morgan fingerprint density at radius 1 is 1.17 bits per heavy atom. The molecule has 1 aliphatic rings. The predicted molar refractivity (Wildman–Crippen MR) is 116 cm³/mol. The van der Waals surface area contributed by atoms with Crippen LogP contribution in [0.4, 0.5) is 5.69 Å². The Kier molecular flexibility index (Phi) is 5.74. The van der Waals surface area contributed by atoms with Gasteiger partial charge >= 0.3 is 0 Å². The molecule has 7 heteroatoms. The summed E-state index contributed by atoms with van der Waals surface area (Å²) in [5.74, 6) is -0.306. The zero-order valence-electron chi connectivity index (χ0n) is 17.6. The molecule has 0 saturated heterocycles. The minimum absolute atomic E-state index is 0.113. The first kappa shape index (κ1) is 21.3. The number of benzene rings is 1. The molecule has 1 fully saturated rings. The van der Waals surface area contributed by atoms with Crippen molar-refractivity contribution in [1.29, 1.82) is 0 Å². The minimum atomic E-state index is -3.66. The van der Waals surface area contributed by atoms with Crippen LogP contribution < -0.4 is 10.0 Å². The third-order valence-electron chi connectivity index (χ3n) is 4.70. The van der Waals surface area contributed by atoms with E-state index in [0.29, 0.717) is 11.7 Å². The summed E-state index contributed by atoms with van der Waals surface area (Å²) in [6.45, 7) is 9.49. The molecule has 2 N–H and O–H groups in total. The molecule has 0 atom stereocenters. The van der Waals surface area contributed by atoms with Gasteiger partial charge < -0.3 is 9.88 Å². The zero-order chi connectivity index (χ0) is 21.4. The lowest BCUT2D eigenvalue weighted by atomic mass is 10.1. The van der Waals surface area contributed by atoms with Gasteiger partial charge in [0.2, 0.25) is 15.9 Å². The molecular formula is C22H29N3O3S. The van der Waals surface area contributed by atoms with E-state index in [2.05, 4.69) is 34.5 Å². The van der Waals surface area contributed by atoms with Gasteiger partial charge in [-0.3, -0.25) is 4.79 Å². The molecule has 1 saturated carbocycles. The average Bonchev–Trinajstić information content (AvgIpc) is 3.37. The van der Waals surface area contributed by atoms with Crippen molar-refractivity contribution in [2.24, 2.45) is 0 Å². The Hall–Kier alpha value is -2.38. The molecule has 6 nitrogen and oxygen atoms in total. The molecule has 0 aliphatic heterocycles. The van der Waals surface area contributed by atoms with Crippen LogP contribution in [0.2, 0.25) is 0 Å². The monoisotopic (exact) mass is 415 g/mol. The molecule has 0 spiro atoms. The Bertz CT molecular complexity index is 1060. The number of hydrogen-bond acceptors (Lipinski definition) is 3. The first-order valence-electron chi connectivity index (χ1n) is 9.78. The quantitative estimate of drug-likeness (QED) is 0.695. The number of carbonyl (C=O) groups is 1. The molecule has 0 radical (unpaired) electrons. The van der Waals surface area contributed by atoms with Crippen molar-refractivity contribution in [1.82, 2.24) is 9.29 Å². The van der Waals surface area contributed by atoms with Gasteiger partial charge in [-0.05, 0) is 83.4 Å². The molecule has 0 bridgehead atoms. The lowest BCUT2D eigenvalue weighted by Crippen LogP contribution is -2.40. The van der Waals surface area contributed by atoms with Gasteiger partial charge in [-0.1, -0.05) is 6.07 Å². The van der Waals surface area contributed by atoms with Crippen LogP contribution in [0.25, 0.3) is 6.08 Å². The van der Waals surface area contributed by atoms with Gasteiger partial charge in [-0.2, -0.15) is 0 Å². The van der Waals surface area contributed by atoms with E-state index in [1.807, 2.05) is 0 Å². The number of nitrogens with one attached hydrogen (secondary N) is 2. The first-order chi connectivity index (χ1) is 13.5. The minimum Gasteiger partial charge on any atom is -0.346 e. The number of nitrogens with zero attached hydrogens (tertiary/aromatic N) is 1. The second-order valence-corrected chi connectivity index (χ2v) is 10.3. The maximum Gasteiger partial charge on any atom is 0.248 e. The van der Waals surface area contributed by atoms with E-state index < -0.39 is 15.6 Å². The third-order valence-corrected chi connectivity index (χ3v) is 6.46. The second kappa shape index (κ2) is 7.80. The van der Waals surface area contributed by atoms with Crippen LogP contribution in [0.1, 0.15) is 56.6 Å². The fourth-order valence-corrected chi connectivity index (χ4v) is 4.88. The van der Waals surface area contributed by atoms with Crippen molar-refractivity contribution in [3.05, 3.63) is 53.4 Å². The van der Waals surface area contributed by atoms with Crippen molar-refractivity contribution in [3.8, 4) is 0 Å². The molecule has 1 amide bonds. The number of amides is 1. The van der Waals surface area contributed by atoms with Crippen LogP contribution >= 0.6 is 0 Å². The van der Waals surface area contributed by atoms with E-state index in [1.54, 1.807) is 39.0 Å². The van der Waals surface area contributed by atoms with E-state index in [1.165, 1.54) is 36.7 Å². The molecule has 156 valence electrons. The smallest absolute Gasteiger partial charge is 0.248 e. The van der Waals surface area contributed by atoms with Gasteiger partial charge in [-0.25, -0.2) is 13.1 Å². The van der Waals surface area contributed by atoms with Crippen LogP contribution in [0.5, 0.6) is 0 Å². The summed E-state index contributed by atoms with van der Waals surface area (Å²) in [4.78, 5) is 12.5. The number of anilines is 1. The molecule has 2 aromatic rings. The topological polar surface area (TPSA) is 80.2 Å². The average molecular weight is 416 g/mol. The zero-order valence-corrected chi connectivity index (χ0v) is 18.4.